The number of hydrogen-bond acceptors (Lipinski definition) is 4. The molecule has 28 heavy (non-hydrogen) atoms. The zero-order valence-corrected chi connectivity index (χ0v) is 17.0. The lowest BCUT2D eigenvalue weighted by molar-refractivity contribution is 0.0652. The summed E-state index contributed by atoms with van der Waals surface area (Å²) in [5.74, 6) is 0.0208. The predicted molar refractivity (Wildman–Crippen MR) is 109 cm³/mol. The van der Waals surface area contributed by atoms with Crippen LogP contribution in [0.15, 0.2) is 18.2 Å². The molecular weight excluding hydrogens is 354 g/mol. The SMILES string of the molecule is CCCCN1C(=O)c2ccc(C(=O)NCCCN3CCCC(C)C3)cc2C1=O. The number of likely N-dealkylation sites (tertiary alicyclic amines) is 1. The molecule has 3 rings (SSSR count). The lowest BCUT2D eigenvalue weighted by Gasteiger charge is -2.30. The van der Waals surface area contributed by atoms with Gasteiger partial charge in [0.1, 0.15) is 0 Å². The summed E-state index contributed by atoms with van der Waals surface area (Å²) in [4.78, 5) is 41.1. The van der Waals surface area contributed by atoms with Crippen molar-refractivity contribution in [2.45, 2.75) is 46.0 Å². The fourth-order valence-corrected chi connectivity index (χ4v) is 4.05. The van der Waals surface area contributed by atoms with Crippen LogP contribution in [0.1, 0.15) is 77.0 Å². The van der Waals surface area contributed by atoms with Crippen molar-refractivity contribution in [3.05, 3.63) is 34.9 Å². The van der Waals surface area contributed by atoms with Crippen molar-refractivity contribution in [1.29, 1.82) is 0 Å². The van der Waals surface area contributed by atoms with Crippen molar-refractivity contribution >= 4 is 17.7 Å². The maximum atomic E-state index is 12.5. The highest BCUT2D eigenvalue weighted by Crippen LogP contribution is 2.24. The Balaban J connectivity index is 1.52. The van der Waals surface area contributed by atoms with Gasteiger partial charge in [0.2, 0.25) is 0 Å². The van der Waals surface area contributed by atoms with Gasteiger partial charge in [0, 0.05) is 25.2 Å². The molecule has 1 fully saturated rings. The van der Waals surface area contributed by atoms with Gasteiger partial charge >= 0.3 is 0 Å². The van der Waals surface area contributed by atoms with Crippen LogP contribution in [0.2, 0.25) is 0 Å². The lowest BCUT2D eigenvalue weighted by atomic mass is 10.0. The number of rotatable bonds is 8. The van der Waals surface area contributed by atoms with Gasteiger partial charge in [-0.1, -0.05) is 20.3 Å². The van der Waals surface area contributed by atoms with Crippen molar-refractivity contribution in [2.75, 3.05) is 32.7 Å². The molecule has 2 heterocycles. The summed E-state index contributed by atoms with van der Waals surface area (Å²) in [7, 11) is 0. The minimum atomic E-state index is -0.290. The van der Waals surface area contributed by atoms with Gasteiger partial charge in [-0.15, -0.1) is 0 Å². The molecule has 3 amide bonds. The number of hydrogen-bond donors (Lipinski definition) is 1. The van der Waals surface area contributed by atoms with E-state index in [9.17, 15) is 14.4 Å². The van der Waals surface area contributed by atoms with Gasteiger partial charge in [0.15, 0.2) is 0 Å². The molecule has 0 bridgehead atoms. The number of fused-ring (bicyclic) bond motifs is 1. The summed E-state index contributed by atoms with van der Waals surface area (Å²) in [6, 6.07) is 4.80. The van der Waals surface area contributed by atoms with Crippen LogP contribution in [0.3, 0.4) is 0 Å². The summed E-state index contributed by atoms with van der Waals surface area (Å²) >= 11 is 0. The number of amides is 3. The largest absolute Gasteiger partial charge is 0.352 e. The van der Waals surface area contributed by atoms with Gasteiger partial charge in [0.25, 0.3) is 17.7 Å². The van der Waals surface area contributed by atoms with E-state index in [2.05, 4.69) is 17.1 Å². The van der Waals surface area contributed by atoms with Gasteiger partial charge in [-0.3, -0.25) is 19.3 Å². The summed E-state index contributed by atoms with van der Waals surface area (Å²) in [6.07, 6.45) is 5.17. The van der Waals surface area contributed by atoms with Crippen molar-refractivity contribution in [1.82, 2.24) is 15.1 Å². The number of unbranched alkanes of at least 4 members (excludes halogenated alkanes) is 1. The quantitative estimate of drug-likeness (QED) is 0.552. The first kappa shape index (κ1) is 20.5. The third-order valence-corrected chi connectivity index (χ3v) is 5.65. The Morgan fingerprint density at radius 3 is 2.68 bits per heavy atom. The molecule has 2 aliphatic rings. The smallest absolute Gasteiger partial charge is 0.261 e. The van der Waals surface area contributed by atoms with Crippen LogP contribution >= 0.6 is 0 Å². The second-order valence-electron chi connectivity index (χ2n) is 8.03. The highest BCUT2D eigenvalue weighted by molar-refractivity contribution is 6.22. The van der Waals surface area contributed by atoms with Crippen LogP contribution in [0.4, 0.5) is 0 Å². The van der Waals surface area contributed by atoms with E-state index in [-0.39, 0.29) is 17.7 Å². The molecular formula is C22H31N3O3. The number of imide groups is 1. The number of nitrogens with zero attached hydrogens (tertiary/aromatic N) is 2. The molecule has 0 radical (unpaired) electrons. The number of carbonyl (C=O) groups is 3. The van der Waals surface area contributed by atoms with E-state index in [1.807, 2.05) is 6.92 Å². The van der Waals surface area contributed by atoms with Crippen molar-refractivity contribution in [2.24, 2.45) is 5.92 Å². The topological polar surface area (TPSA) is 69.7 Å². The van der Waals surface area contributed by atoms with E-state index in [1.54, 1.807) is 18.2 Å². The Hall–Kier alpha value is -2.21. The molecule has 1 atom stereocenters. The summed E-state index contributed by atoms with van der Waals surface area (Å²) < 4.78 is 0. The Bertz CT molecular complexity index is 747. The summed E-state index contributed by atoms with van der Waals surface area (Å²) in [6.45, 7) is 8.63. The van der Waals surface area contributed by atoms with Crippen molar-refractivity contribution in [3.8, 4) is 0 Å². The van der Waals surface area contributed by atoms with Crippen molar-refractivity contribution in [3.63, 3.8) is 0 Å². The third-order valence-electron chi connectivity index (χ3n) is 5.65. The number of carbonyl (C=O) groups excluding carboxylic acids is 3. The van der Waals surface area contributed by atoms with E-state index in [4.69, 9.17) is 0 Å². The Morgan fingerprint density at radius 2 is 1.93 bits per heavy atom. The fraction of sp³-hybridized carbons (Fsp3) is 0.591. The molecule has 2 aliphatic heterocycles. The molecule has 6 nitrogen and oxygen atoms in total. The van der Waals surface area contributed by atoms with Gasteiger partial charge < -0.3 is 10.2 Å². The summed E-state index contributed by atoms with van der Waals surface area (Å²) in [5.41, 5.74) is 1.18. The van der Waals surface area contributed by atoms with Gasteiger partial charge in [-0.25, -0.2) is 0 Å². The maximum absolute atomic E-state index is 12.5. The zero-order chi connectivity index (χ0) is 20.1. The van der Waals surface area contributed by atoms with E-state index in [0.717, 1.165) is 44.8 Å². The van der Waals surface area contributed by atoms with Gasteiger partial charge in [0.05, 0.1) is 11.1 Å². The first-order valence-electron chi connectivity index (χ1n) is 10.5. The van der Waals surface area contributed by atoms with Crippen LogP contribution in [0, 0.1) is 5.92 Å². The first-order chi connectivity index (χ1) is 13.5. The molecule has 1 N–H and O–H groups in total. The van der Waals surface area contributed by atoms with Crippen LogP contribution in [-0.2, 0) is 0 Å². The molecule has 1 saturated heterocycles. The monoisotopic (exact) mass is 385 g/mol. The molecule has 0 spiro atoms. The second kappa shape index (κ2) is 9.32. The maximum Gasteiger partial charge on any atom is 0.261 e. The Kier molecular flexibility index (Phi) is 6.83. The molecule has 1 unspecified atom stereocenters. The highest BCUT2D eigenvalue weighted by Gasteiger charge is 2.35. The highest BCUT2D eigenvalue weighted by atomic mass is 16.2. The summed E-state index contributed by atoms with van der Waals surface area (Å²) in [5, 5.41) is 2.94. The Labute approximate surface area is 167 Å². The zero-order valence-electron chi connectivity index (χ0n) is 17.0. The minimum absolute atomic E-state index is 0.193. The molecule has 0 aliphatic carbocycles. The van der Waals surface area contributed by atoms with Crippen molar-refractivity contribution < 1.29 is 14.4 Å². The van der Waals surface area contributed by atoms with Crippen LogP contribution in [0.25, 0.3) is 0 Å². The van der Waals surface area contributed by atoms with E-state index >= 15 is 0 Å². The van der Waals surface area contributed by atoms with E-state index in [0.29, 0.717) is 29.8 Å². The third kappa shape index (κ3) is 4.61. The first-order valence-corrected chi connectivity index (χ1v) is 10.5. The van der Waals surface area contributed by atoms with Crippen LogP contribution in [0.5, 0.6) is 0 Å². The van der Waals surface area contributed by atoms with Gasteiger partial charge in [-0.05, 0) is 62.9 Å². The molecule has 0 aromatic heterocycles. The number of nitrogens with one attached hydrogen (secondary N) is 1. The van der Waals surface area contributed by atoms with Crippen LogP contribution < -0.4 is 5.32 Å². The molecule has 1 aromatic carbocycles. The van der Waals surface area contributed by atoms with E-state index in [1.165, 1.54) is 17.7 Å². The molecule has 6 heteroatoms. The molecule has 1 aromatic rings. The van der Waals surface area contributed by atoms with Crippen LogP contribution in [-0.4, -0.2) is 60.2 Å². The fourth-order valence-electron chi connectivity index (χ4n) is 4.05. The average Bonchev–Trinajstić information content (AvgIpc) is 2.93. The average molecular weight is 386 g/mol. The van der Waals surface area contributed by atoms with Gasteiger partial charge in [-0.2, -0.15) is 0 Å². The molecule has 152 valence electrons. The second-order valence-corrected chi connectivity index (χ2v) is 8.03. The normalized spacial score (nSPS) is 19.8. The number of benzene rings is 1. The Morgan fingerprint density at radius 1 is 1.14 bits per heavy atom. The standard InChI is InChI=1S/C22H31N3O3/c1-3-4-13-25-21(27)18-9-8-17(14-19(18)22(25)28)20(26)23-10-6-12-24-11-5-7-16(2)15-24/h8-9,14,16H,3-7,10-13,15H2,1-2H3,(H,23,26). The molecule has 0 saturated carbocycles. The minimum Gasteiger partial charge on any atom is -0.352 e. The van der Waals surface area contributed by atoms with E-state index < -0.39 is 0 Å². The predicted octanol–water partition coefficient (Wildman–Crippen LogP) is 2.93. The number of piperidine rings is 1. The lowest BCUT2D eigenvalue weighted by Crippen LogP contribution is -2.36.